The Morgan fingerprint density at radius 2 is 1.25 bits per heavy atom. The van der Waals surface area contributed by atoms with Gasteiger partial charge in [-0.15, -0.1) is 0 Å². The van der Waals surface area contributed by atoms with Crippen LogP contribution in [-0.2, 0) is 4.43 Å². The highest BCUT2D eigenvalue weighted by atomic mass is 32.1. The van der Waals surface area contributed by atoms with Crippen LogP contribution in [0.25, 0.3) is 0 Å². The van der Waals surface area contributed by atoms with Crippen molar-refractivity contribution >= 4 is 46.2 Å². The third-order valence-electron chi connectivity index (χ3n) is 2.14. The van der Waals surface area contributed by atoms with Crippen LogP contribution in [0.2, 0.25) is 18.1 Å². The van der Waals surface area contributed by atoms with E-state index in [0.29, 0.717) is 0 Å². The van der Waals surface area contributed by atoms with Crippen LogP contribution in [0.4, 0.5) is 0 Å². The van der Waals surface area contributed by atoms with Crippen molar-refractivity contribution < 1.29 is 4.43 Å². The highest BCUT2D eigenvalue weighted by Gasteiger charge is 2.30. The molecule has 1 nitrogen and oxygen atoms in total. The molecule has 0 saturated heterocycles. The van der Waals surface area contributed by atoms with Gasteiger partial charge in [-0.2, -0.15) is 37.9 Å². The maximum atomic E-state index is 5.65. The highest BCUT2D eigenvalue weighted by Crippen LogP contribution is 2.23. The molecule has 0 aromatic rings. The van der Waals surface area contributed by atoms with E-state index in [2.05, 4.69) is 37.9 Å². The minimum atomic E-state index is -1.50. The van der Waals surface area contributed by atoms with Crippen LogP contribution < -0.4 is 0 Å². The van der Waals surface area contributed by atoms with Crippen LogP contribution >= 0.6 is 37.9 Å². The van der Waals surface area contributed by atoms with E-state index in [-0.39, 0.29) is 0 Å². The van der Waals surface area contributed by atoms with Crippen molar-refractivity contribution in [2.24, 2.45) is 0 Å². The van der Waals surface area contributed by atoms with Crippen LogP contribution in [0.15, 0.2) is 0 Å². The molecule has 0 unspecified atom stereocenters. The third kappa shape index (κ3) is 4.46. The summed E-state index contributed by atoms with van der Waals surface area (Å²) in [5, 5.41) is 0. The molecule has 0 rings (SSSR count). The van der Waals surface area contributed by atoms with Gasteiger partial charge < -0.3 is 4.43 Å². The van der Waals surface area contributed by atoms with Crippen molar-refractivity contribution in [2.45, 2.75) is 18.1 Å². The molecular formula is C7H18OS3Si. The molecule has 74 valence electrons. The molecule has 0 N–H and O–H groups in total. The van der Waals surface area contributed by atoms with Crippen LogP contribution in [0, 0.1) is 0 Å². The monoisotopic (exact) mass is 242 g/mol. The summed E-state index contributed by atoms with van der Waals surface area (Å²) < 4.78 is 5.65. The molecular weight excluding hydrogens is 224 g/mol. The zero-order valence-corrected chi connectivity index (χ0v) is 11.2. The molecule has 0 saturated carbocycles. The van der Waals surface area contributed by atoms with E-state index in [0.717, 1.165) is 35.4 Å². The smallest absolute Gasteiger partial charge is 0.194 e. The number of hydrogen-bond donors (Lipinski definition) is 3. The first-order valence-corrected chi connectivity index (χ1v) is 8.55. The molecule has 0 aliphatic carbocycles. The summed E-state index contributed by atoms with van der Waals surface area (Å²) in [6.07, 6.45) is 0. The summed E-state index contributed by atoms with van der Waals surface area (Å²) >= 11 is 12.8. The first-order chi connectivity index (χ1) is 5.74. The van der Waals surface area contributed by atoms with Crippen molar-refractivity contribution in [1.82, 2.24) is 0 Å². The predicted octanol–water partition coefficient (Wildman–Crippen LogP) is 2.37. The fourth-order valence-electron chi connectivity index (χ4n) is 1.29. The minimum absolute atomic E-state index is 0.918. The Morgan fingerprint density at radius 1 is 0.917 bits per heavy atom. The van der Waals surface area contributed by atoms with Gasteiger partial charge in [-0.05, 0) is 35.4 Å². The van der Waals surface area contributed by atoms with E-state index in [9.17, 15) is 0 Å². The standard InChI is InChI=1S/C7H18OS3Si/c1-8-12(5-2-9,6-3-10)7-4-11/h9-11H,2-7H2,1H3. The highest BCUT2D eigenvalue weighted by molar-refractivity contribution is 7.80. The molecule has 0 spiro atoms. The lowest BCUT2D eigenvalue weighted by molar-refractivity contribution is 0.394. The van der Waals surface area contributed by atoms with E-state index in [1.54, 1.807) is 0 Å². The third-order valence-corrected chi connectivity index (χ3v) is 8.42. The van der Waals surface area contributed by atoms with Crippen LogP contribution in [0.3, 0.4) is 0 Å². The summed E-state index contributed by atoms with van der Waals surface area (Å²) in [6.45, 7) is 0. The zero-order chi connectivity index (χ0) is 9.45. The largest absolute Gasteiger partial charge is 0.420 e. The second kappa shape index (κ2) is 7.61. The van der Waals surface area contributed by atoms with E-state index in [1.165, 1.54) is 0 Å². The van der Waals surface area contributed by atoms with Gasteiger partial charge in [-0.1, -0.05) is 0 Å². The molecule has 5 heteroatoms. The maximum Gasteiger partial charge on any atom is 0.194 e. The van der Waals surface area contributed by atoms with Gasteiger partial charge in [-0.25, -0.2) is 0 Å². The molecule has 0 bridgehead atoms. The topological polar surface area (TPSA) is 9.23 Å². The van der Waals surface area contributed by atoms with Crippen molar-refractivity contribution in [3.8, 4) is 0 Å². The minimum Gasteiger partial charge on any atom is -0.420 e. The van der Waals surface area contributed by atoms with Gasteiger partial charge >= 0.3 is 0 Å². The Bertz CT molecular complexity index is 95.8. The molecule has 0 aliphatic heterocycles. The molecule has 0 radical (unpaired) electrons. The van der Waals surface area contributed by atoms with Crippen LogP contribution in [0.1, 0.15) is 0 Å². The van der Waals surface area contributed by atoms with Gasteiger partial charge in [0.2, 0.25) is 0 Å². The molecule has 0 heterocycles. The number of hydrogen-bond acceptors (Lipinski definition) is 4. The summed E-state index contributed by atoms with van der Waals surface area (Å²) in [4.78, 5) is 0. The van der Waals surface area contributed by atoms with Crippen molar-refractivity contribution in [1.29, 1.82) is 0 Å². The molecule has 0 aliphatic rings. The van der Waals surface area contributed by atoms with Crippen molar-refractivity contribution in [3.05, 3.63) is 0 Å². The van der Waals surface area contributed by atoms with Crippen molar-refractivity contribution in [3.63, 3.8) is 0 Å². The van der Waals surface area contributed by atoms with Crippen LogP contribution in [0.5, 0.6) is 0 Å². The van der Waals surface area contributed by atoms with E-state index in [1.807, 2.05) is 7.11 Å². The van der Waals surface area contributed by atoms with Gasteiger partial charge in [0.05, 0.1) is 0 Å². The van der Waals surface area contributed by atoms with Gasteiger partial charge in [0.25, 0.3) is 0 Å². The Hall–Kier alpha value is 1.23. The van der Waals surface area contributed by atoms with E-state index < -0.39 is 8.32 Å². The second-order valence-electron chi connectivity index (χ2n) is 2.81. The SMILES string of the molecule is CO[Si](CCS)(CCS)CCS. The molecule has 0 fully saturated rings. The fourth-order valence-corrected chi connectivity index (χ4v) is 7.55. The van der Waals surface area contributed by atoms with Crippen molar-refractivity contribution in [2.75, 3.05) is 24.4 Å². The predicted molar refractivity (Wildman–Crippen MR) is 68.7 cm³/mol. The summed E-state index contributed by atoms with van der Waals surface area (Å²) in [5.41, 5.74) is 0. The number of thiol groups is 3. The lowest BCUT2D eigenvalue weighted by Gasteiger charge is -2.28. The normalized spacial score (nSPS) is 12.0. The quantitative estimate of drug-likeness (QED) is 0.459. The summed E-state index contributed by atoms with van der Waals surface area (Å²) in [7, 11) is 0.323. The number of rotatable bonds is 7. The Morgan fingerprint density at radius 3 is 1.42 bits per heavy atom. The first-order valence-electron chi connectivity index (χ1n) is 4.12. The Balaban J connectivity index is 4.06. The van der Waals surface area contributed by atoms with Gasteiger partial charge in [0, 0.05) is 7.11 Å². The lowest BCUT2D eigenvalue weighted by atomic mass is 10.9. The average Bonchev–Trinajstić information content (AvgIpc) is 2.06. The van der Waals surface area contributed by atoms with Crippen LogP contribution in [-0.4, -0.2) is 32.7 Å². The lowest BCUT2D eigenvalue weighted by Crippen LogP contribution is -2.38. The second-order valence-corrected chi connectivity index (χ2v) is 8.42. The van der Waals surface area contributed by atoms with E-state index >= 15 is 0 Å². The molecule has 0 aromatic carbocycles. The molecule has 0 amide bonds. The van der Waals surface area contributed by atoms with Gasteiger partial charge in [-0.3, -0.25) is 0 Å². The summed E-state index contributed by atoms with van der Waals surface area (Å²) in [5.74, 6) is 2.75. The maximum absolute atomic E-state index is 5.65. The molecule has 0 atom stereocenters. The van der Waals surface area contributed by atoms with E-state index in [4.69, 9.17) is 4.43 Å². The Labute approximate surface area is 93.0 Å². The molecule has 12 heavy (non-hydrogen) atoms. The van der Waals surface area contributed by atoms with Gasteiger partial charge in [0.1, 0.15) is 0 Å². The Kier molecular flexibility index (Phi) is 8.39. The first kappa shape index (κ1) is 13.2. The fraction of sp³-hybridized carbons (Fsp3) is 1.00. The summed E-state index contributed by atoms with van der Waals surface area (Å²) in [6, 6.07) is 3.36. The average molecular weight is 243 g/mol. The molecule has 0 aromatic heterocycles. The zero-order valence-electron chi connectivity index (χ0n) is 7.49. The van der Waals surface area contributed by atoms with Gasteiger partial charge in [0.15, 0.2) is 8.32 Å².